The molecule has 13 heteroatoms. The maximum atomic E-state index is 13.6. The Morgan fingerprint density at radius 2 is 1.37 bits per heavy atom. The van der Waals surface area contributed by atoms with E-state index in [2.05, 4.69) is 5.10 Å². The van der Waals surface area contributed by atoms with E-state index in [1.165, 1.54) is 42.5 Å². The van der Waals surface area contributed by atoms with E-state index in [0.29, 0.717) is 11.1 Å². The molecule has 0 aliphatic carbocycles. The SMILES string of the molecule is CS(=O)(=O)c1ccc(-c2ccc(N3N=C(C(O)(C(F)(F)F)C(F)(F)F)CC3c3ccccc3Cl)cc2)cc1. The van der Waals surface area contributed by atoms with E-state index in [9.17, 15) is 39.9 Å². The average Bonchev–Trinajstić information content (AvgIpc) is 3.27. The Labute approximate surface area is 218 Å². The van der Waals surface area contributed by atoms with Crippen LogP contribution in [0.3, 0.4) is 0 Å². The molecule has 0 amide bonds. The van der Waals surface area contributed by atoms with E-state index >= 15 is 0 Å². The minimum Gasteiger partial charge on any atom is -0.369 e. The predicted molar refractivity (Wildman–Crippen MR) is 131 cm³/mol. The highest BCUT2D eigenvalue weighted by atomic mass is 35.5. The zero-order valence-electron chi connectivity index (χ0n) is 19.4. The fourth-order valence-electron chi connectivity index (χ4n) is 4.14. The lowest BCUT2D eigenvalue weighted by Crippen LogP contribution is -2.62. The molecule has 0 saturated carbocycles. The maximum absolute atomic E-state index is 13.6. The van der Waals surface area contributed by atoms with E-state index in [1.807, 2.05) is 0 Å². The van der Waals surface area contributed by atoms with Crippen LogP contribution < -0.4 is 5.01 Å². The van der Waals surface area contributed by atoms with Crippen LogP contribution in [0.25, 0.3) is 11.1 Å². The van der Waals surface area contributed by atoms with Gasteiger partial charge in [0.25, 0.3) is 5.60 Å². The number of hydrogen-bond acceptors (Lipinski definition) is 5. The van der Waals surface area contributed by atoms with E-state index in [-0.39, 0.29) is 21.2 Å². The highest BCUT2D eigenvalue weighted by Gasteiger charge is 2.74. The average molecular weight is 577 g/mol. The minimum absolute atomic E-state index is 0.101. The first-order valence-corrected chi connectivity index (χ1v) is 13.2. The van der Waals surface area contributed by atoms with Crippen molar-refractivity contribution in [2.45, 2.75) is 35.3 Å². The van der Waals surface area contributed by atoms with Gasteiger partial charge < -0.3 is 5.11 Å². The molecule has 3 aromatic carbocycles. The molecule has 0 aromatic heterocycles. The lowest BCUT2D eigenvalue weighted by Gasteiger charge is -2.32. The van der Waals surface area contributed by atoms with E-state index in [4.69, 9.17) is 11.6 Å². The molecule has 38 heavy (non-hydrogen) atoms. The number of aliphatic hydroxyl groups is 1. The number of nitrogens with zero attached hydrogens (tertiary/aromatic N) is 2. The van der Waals surface area contributed by atoms with Gasteiger partial charge in [0.15, 0.2) is 9.84 Å². The molecule has 1 aliphatic rings. The number of rotatable bonds is 5. The second-order valence-corrected chi connectivity index (χ2v) is 11.1. The fourth-order valence-corrected chi connectivity index (χ4v) is 5.04. The van der Waals surface area contributed by atoms with Gasteiger partial charge in [-0.2, -0.15) is 31.4 Å². The van der Waals surface area contributed by atoms with Crippen molar-refractivity contribution in [3.05, 3.63) is 83.4 Å². The van der Waals surface area contributed by atoms with Crippen molar-refractivity contribution in [1.82, 2.24) is 0 Å². The van der Waals surface area contributed by atoms with Gasteiger partial charge in [-0.15, -0.1) is 0 Å². The number of sulfone groups is 1. The zero-order valence-corrected chi connectivity index (χ0v) is 21.0. The summed E-state index contributed by atoms with van der Waals surface area (Å²) < 4.78 is 105. The second kappa shape index (κ2) is 9.58. The Morgan fingerprint density at radius 1 is 0.868 bits per heavy atom. The van der Waals surface area contributed by atoms with Gasteiger partial charge in [0.1, 0.15) is 0 Å². The summed E-state index contributed by atoms with van der Waals surface area (Å²) in [5.41, 5.74) is -5.07. The van der Waals surface area contributed by atoms with Gasteiger partial charge in [-0.05, 0) is 47.0 Å². The van der Waals surface area contributed by atoms with E-state index in [0.717, 1.165) is 11.3 Å². The quantitative estimate of drug-likeness (QED) is 0.349. The Balaban J connectivity index is 1.77. The number of alkyl halides is 6. The standard InChI is InChI=1S/C25H19ClF6N2O3S/c1-38(36,37)18-12-8-16(9-13-18)15-6-10-17(11-7-15)34-21(19-4-2-3-5-20(19)26)14-22(33-34)23(35,24(27,28)29)25(30,31)32/h2-13,21,35H,14H2,1H3. The van der Waals surface area contributed by atoms with Crippen molar-refractivity contribution < 1.29 is 39.9 Å². The molecule has 1 heterocycles. The van der Waals surface area contributed by atoms with Crippen LogP contribution in [-0.4, -0.2) is 43.4 Å². The van der Waals surface area contributed by atoms with Gasteiger partial charge in [0.2, 0.25) is 0 Å². The molecule has 1 aliphatic heterocycles. The van der Waals surface area contributed by atoms with Gasteiger partial charge in [-0.25, -0.2) is 8.42 Å². The normalized spacial score (nSPS) is 17.0. The van der Waals surface area contributed by atoms with Crippen molar-refractivity contribution in [3.63, 3.8) is 0 Å². The van der Waals surface area contributed by atoms with Gasteiger partial charge in [-0.3, -0.25) is 5.01 Å². The molecular formula is C25H19ClF6N2O3S. The van der Waals surface area contributed by atoms with Crippen molar-refractivity contribution in [3.8, 4) is 11.1 Å². The molecule has 3 aromatic rings. The van der Waals surface area contributed by atoms with Crippen LogP contribution in [0.4, 0.5) is 32.0 Å². The molecule has 0 radical (unpaired) electrons. The highest BCUT2D eigenvalue weighted by Crippen LogP contribution is 2.49. The van der Waals surface area contributed by atoms with Gasteiger partial charge in [0.05, 0.1) is 22.3 Å². The van der Waals surface area contributed by atoms with Gasteiger partial charge in [-0.1, -0.05) is 54.1 Å². The van der Waals surface area contributed by atoms with Crippen LogP contribution in [0.15, 0.2) is 82.8 Å². The fraction of sp³-hybridized carbons (Fsp3) is 0.240. The van der Waals surface area contributed by atoms with Gasteiger partial charge >= 0.3 is 12.4 Å². The Bertz CT molecular complexity index is 1460. The van der Waals surface area contributed by atoms with E-state index < -0.39 is 46.0 Å². The minimum atomic E-state index is -6.08. The third-order valence-corrected chi connectivity index (χ3v) is 7.63. The number of benzene rings is 3. The van der Waals surface area contributed by atoms with Crippen LogP contribution in [0, 0.1) is 0 Å². The summed E-state index contributed by atoms with van der Waals surface area (Å²) in [6.45, 7) is 0. The molecule has 1 N–H and O–H groups in total. The molecule has 0 saturated heterocycles. The van der Waals surface area contributed by atoms with Gasteiger partial charge in [0, 0.05) is 17.7 Å². The number of anilines is 1. The van der Waals surface area contributed by atoms with E-state index in [1.54, 1.807) is 30.3 Å². The first-order valence-electron chi connectivity index (χ1n) is 10.9. The summed E-state index contributed by atoms with van der Waals surface area (Å²) >= 11 is 6.22. The summed E-state index contributed by atoms with van der Waals surface area (Å²) in [7, 11) is -3.41. The highest BCUT2D eigenvalue weighted by molar-refractivity contribution is 7.90. The monoisotopic (exact) mass is 576 g/mol. The number of halogens is 7. The summed E-state index contributed by atoms with van der Waals surface area (Å²) in [6.07, 6.45) is -12.0. The molecular weight excluding hydrogens is 558 g/mol. The van der Waals surface area contributed by atoms with Crippen molar-refractivity contribution in [2.75, 3.05) is 11.3 Å². The Kier molecular flexibility index (Phi) is 7.04. The van der Waals surface area contributed by atoms with Crippen molar-refractivity contribution in [1.29, 1.82) is 0 Å². The Morgan fingerprint density at radius 3 is 1.84 bits per heavy atom. The predicted octanol–water partition coefficient (Wildman–Crippen LogP) is 6.57. The number of hydrazone groups is 1. The third kappa shape index (κ3) is 4.99. The lowest BCUT2D eigenvalue weighted by atomic mass is 9.90. The van der Waals surface area contributed by atoms with Crippen LogP contribution >= 0.6 is 11.6 Å². The molecule has 0 bridgehead atoms. The lowest BCUT2D eigenvalue weighted by molar-refractivity contribution is -0.338. The first-order chi connectivity index (χ1) is 17.5. The molecule has 5 nitrogen and oxygen atoms in total. The molecule has 4 rings (SSSR count). The smallest absolute Gasteiger partial charge is 0.369 e. The molecule has 1 unspecified atom stereocenters. The van der Waals surface area contributed by atoms with Crippen LogP contribution in [0.2, 0.25) is 5.02 Å². The first kappa shape index (κ1) is 27.9. The largest absolute Gasteiger partial charge is 0.431 e. The third-order valence-electron chi connectivity index (χ3n) is 6.16. The maximum Gasteiger partial charge on any atom is 0.431 e. The topological polar surface area (TPSA) is 70.0 Å². The Hall–Kier alpha value is -3.09. The molecule has 202 valence electrons. The van der Waals surface area contributed by atoms with Crippen LogP contribution in [0.5, 0.6) is 0 Å². The molecule has 1 atom stereocenters. The van der Waals surface area contributed by atoms with Crippen LogP contribution in [0.1, 0.15) is 18.0 Å². The molecule has 0 fully saturated rings. The summed E-state index contributed by atoms with van der Waals surface area (Å²) in [6, 6.07) is 16.8. The summed E-state index contributed by atoms with van der Waals surface area (Å²) in [4.78, 5) is 0.112. The zero-order chi connectivity index (χ0) is 28.1. The molecule has 0 spiro atoms. The van der Waals surface area contributed by atoms with Crippen LogP contribution in [-0.2, 0) is 9.84 Å². The number of hydrogen-bond donors (Lipinski definition) is 1. The second-order valence-electron chi connectivity index (χ2n) is 8.68. The summed E-state index contributed by atoms with van der Waals surface area (Å²) in [5.74, 6) is 0. The van der Waals surface area contributed by atoms with Crippen molar-refractivity contribution in [2.24, 2.45) is 5.10 Å². The summed E-state index contributed by atoms with van der Waals surface area (Å²) in [5, 5.41) is 14.7. The van der Waals surface area contributed by atoms with Crippen molar-refractivity contribution >= 4 is 32.8 Å².